The highest BCUT2D eigenvalue weighted by molar-refractivity contribution is 9.10. The van der Waals surface area contributed by atoms with Gasteiger partial charge in [0.15, 0.2) is 0 Å². The fraction of sp³-hybridized carbons (Fsp3) is 0.231. The summed E-state index contributed by atoms with van der Waals surface area (Å²) in [5.41, 5.74) is 7.65. The highest BCUT2D eigenvalue weighted by atomic mass is 79.9. The minimum atomic E-state index is 0.527. The summed E-state index contributed by atoms with van der Waals surface area (Å²) in [4.78, 5) is 3.18. The molecule has 3 nitrogen and oxygen atoms in total. The first kappa shape index (κ1) is 13.2. The Labute approximate surface area is 119 Å². The van der Waals surface area contributed by atoms with E-state index >= 15 is 0 Å². The molecule has 0 aliphatic rings. The standard InChI is InChI=1S/C13H15BrN2OS/c1-16(2)9-3-4-11(15)12(7-9)17-8-13-10(14)5-6-18-13/h3-7H,8,15H2,1-2H3. The second-order valence-corrected chi connectivity index (χ2v) is 5.95. The zero-order chi connectivity index (χ0) is 13.1. The first-order valence-corrected chi connectivity index (χ1v) is 7.16. The number of ether oxygens (including phenoxy) is 1. The van der Waals surface area contributed by atoms with Crippen LogP contribution in [0.15, 0.2) is 34.1 Å². The lowest BCUT2D eigenvalue weighted by molar-refractivity contribution is 0.311. The van der Waals surface area contributed by atoms with E-state index in [1.165, 1.54) is 0 Å². The fourth-order valence-electron chi connectivity index (χ4n) is 1.50. The number of rotatable bonds is 4. The van der Waals surface area contributed by atoms with Gasteiger partial charge in [-0.3, -0.25) is 0 Å². The Kier molecular flexibility index (Phi) is 4.14. The summed E-state index contributed by atoms with van der Waals surface area (Å²) in [6.45, 7) is 0.527. The largest absolute Gasteiger partial charge is 0.486 e. The van der Waals surface area contributed by atoms with Crippen LogP contribution in [-0.4, -0.2) is 14.1 Å². The molecule has 96 valence electrons. The minimum Gasteiger partial charge on any atom is -0.486 e. The van der Waals surface area contributed by atoms with Crippen LogP contribution in [0.5, 0.6) is 5.75 Å². The average Bonchev–Trinajstić information content (AvgIpc) is 2.73. The molecule has 0 bridgehead atoms. The molecule has 2 N–H and O–H groups in total. The third-order valence-electron chi connectivity index (χ3n) is 2.56. The first-order chi connectivity index (χ1) is 8.58. The monoisotopic (exact) mass is 326 g/mol. The number of thiophene rings is 1. The van der Waals surface area contributed by atoms with Gasteiger partial charge in [-0.2, -0.15) is 0 Å². The fourth-order valence-corrected chi connectivity index (χ4v) is 2.88. The summed E-state index contributed by atoms with van der Waals surface area (Å²) in [6.07, 6.45) is 0. The Morgan fingerprint density at radius 1 is 1.33 bits per heavy atom. The van der Waals surface area contributed by atoms with Gasteiger partial charge in [-0.1, -0.05) is 0 Å². The number of halogens is 1. The van der Waals surface area contributed by atoms with Crippen LogP contribution in [0, 0.1) is 0 Å². The van der Waals surface area contributed by atoms with Crippen molar-refractivity contribution in [2.75, 3.05) is 24.7 Å². The van der Waals surface area contributed by atoms with Crippen LogP contribution in [0.25, 0.3) is 0 Å². The molecule has 0 amide bonds. The summed E-state index contributed by atoms with van der Waals surface area (Å²) in [7, 11) is 3.98. The van der Waals surface area contributed by atoms with Crippen LogP contribution in [0.3, 0.4) is 0 Å². The molecule has 0 fully saturated rings. The Balaban J connectivity index is 2.13. The lowest BCUT2D eigenvalue weighted by Crippen LogP contribution is -2.09. The maximum absolute atomic E-state index is 5.92. The highest BCUT2D eigenvalue weighted by Crippen LogP contribution is 2.29. The number of hydrogen-bond donors (Lipinski definition) is 1. The summed E-state index contributed by atoms with van der Waals surface area (Å²) in [6, 6.07) is 7.82. The third-order valence-corrected chi connectivity index (χ3v) is 4.46. The molecule has 0 saturated carbocycles. The number of nitrogens with two attached hydrogens (primary N) is 1. The van der Waals surface area contributed by atoms with Crippen LogP contribution in [-0.2, 0) is 6.61 Å². The molecule has 0 atom stereocenters. The molecule has 18 heavy (non-hydrogen) atoms. The van der Waals surface area contributed by atoms with Crippen LogP contribution >= 0.6 is 27.3 Å². The van der Waals surface area contributed by atoms with Gasteiger partial charge in [0.05, 0.1) is 10.6 Å². The molecule has 0 saturated heterocycles. The molecule has 2 aromatic rings. The Bertz CT molecular complexity index is 540. The van der Waals surface area contributed by atoms with Crippen molar-refractivity contribution in [3.8, 4) is 5.75 Å². The molecule has 1 aromatic carbocycles. The van der Waals surface area contributed by atoms with E-state index in [9.17, 15) is 0 Å². The third kappa shape index (κ3) is 2.97. The smallest absolute Gasteiger partial charge is 0.144 e. The van der Waals surface area contributed by atoms with Gasteiger partial charge >= 0.3 is 0 Å². The average molecular weight is 327 g/mol. The van der Waals surface area contributed by atoms with Crippen molar-refractivity contribution in [2.45, 2.75) is 6.61 Å². The quantitative estimate of drug-likeness (QED) is 0.870. The van der Waals surface area contributed by atoms with Gasteiger partial charge in [0.1, 0.15) is 12.4 Å². The van der Waals surface area contributed by atoms with E-state index < -0.39 is 0 Å². The first-order valence-electron chi connectivity index (χ1n) is 5.49. The van der Waals surface area contributed by atoms with E-state index in [2.05, 4.69) is 15.9 Å². The summed E-state index contributed by atoms with van der Waals surface area (Å²) in [5.74, 6) is 0.724. The minimum absolute atomic E-state index is 0.527. The zero-order valence-electron chi connectivity index (χ0n) is 10.3. The van der Waals surface area contributed by atoms with Gasteiger partial charge in [0.2, 0.25) is 0 Å². The molecule has 1 aromatic heterocycles. The second-order valence-electron chi connectivity index (χ2n) is 4.10. The topological polar surface area (TPSA) is 38.5 Å². The zero-order valence-corrected chi connectivity index (χ0v) is 12.7. The van der Waals surface area contributed by atoms with Crippen molar-refractivity contribution in [3.63, 3.8) is 0 Å². The predicted octanol–water partition coefficient (Wildman–Crippen LogP) is 3.74. The summed E-state index contributed by atoms with van der Waals surface area (Å²) in [5, 5.41) is 2.03. The van der Waals surface area contributed by atoms with Crippen LogP contribution in [0.4, 0.5) is 11.4 Å². The van der Waals surface area contributed by atoms with Crippen molar-refractivity contribution in [1.29, 1.82) is 0 Å². The Hall–Kier alpha value is -1.20. The molecule has 0 unspecified atom stereocenters. The van der Waals surface area contributed by atoms with Gasteiger partial charge in [0, 0.05) is 30.3 Å². The molecular weight excluding hydrogens is 312 g/mol. The van der Waals surface area contributed by atoms with Crippen molar-refractivity contribution >= 4 is 38.6 Å². The normalized spacial score (nSPS) is 10.4. The van der Waals surface area contributed by atoms with E-state index in [0.29, 0.717) is 12.3 Å². The van der Waals surface area contributed by atoms with Gasteiger partial charge in [0.25, 0.3) is 0 Å². The van der Waals surface area contributed by atoms with Gasteiger partial charge in [-0.15, -0.1) is 11.3 Å². The molecule has 1 heterocycles. The molecule has 0 radical (unpaired) electrons. The van der Waals surface area contributed by atoms with Crippen LogP contribution in [0.2, 0.25) is 0 Å². The van der Waals surface area contributed by atoms with E-state index in [1.54, 1.807) is 11.3 Å². The molecule has 5 heteroatoms. The van der Waals surface area contributed by atoms with E-state index in [-0.39, 0.29) is 0 Å². The van der Waals surface area contributed by atoms with Gasteiger partial charge in [-0.05, 0) is 39.5 Å². The van der Waals surface area contributed by atoms with Crippen molar-refractivity contribution < 1.29 is 4.74 Å². The SMILES string of the molecule is CN(C)c1ccc(N)c(OCc2sccc2Br)c1. The molecule has 2 rings (SSSR count). The number of hydrogen-bond acceptors (Lipinski definition) is 4. The van der Waals surface area contributed by atoms with Crippen molar-refractivity contribution in [1.82, 2.24) is 0 Å². The molecule has 0 aliphatic carbocycles. The van der Waals surface area contributed by atoms with Crippen LogP contribution < -0.4 is 15.4 Å². The lowest BCUT2D eigenvalue weighted by atomic mass is 10.2. The number of nitrogen functional groups attached to an aromatic ring is 1. The maximum Gasteiger partial charge on any atom is 0.144 e. The van der Waals surface area contributed by atoms with Crippen molar-refractivity contribution in [2.24, 2.45) is 0 Å². The molecule has 0 aliphatic heterocycles. The Morgan fingerprint density at radius 3 is 2.72 bits per heavy atom. The highest BCUT2D eigenvalue weighted by Gasteiger charge is 2.06. The summed E-state index contributed by atoms with van der Waals surface area (Å²) >= 11 is 5.15. The van der Waals surface area contributed by atoms with Crippen molar-refractivity contribution in [3.05, 3.63) is 39.0 Å². The van der Waals surface area contributed by atoms with Gasteiger partial charge < -0.3 is 15.4 Å². The maximum atomic E-state index is 5.92. The molecule has 0 spiro atoms. The number of benzene rings is 1. The van der Waals surface area contributed by atoms with Gasteiger partial charge in [-0.25, -0.2) is 0 Å². The number of nitrogens with zero attached hydrogens (tertiary/aromatic N) is 1. The predicted molar refractivity (Wildman–Crippen MR) is 81.5 cm³/mol. The van der Waals surface area contributed by atoms with E-state index in [1.807, 2.05) is 48.6 Å². The lowest BCUT2D eigenvalue weighted by Gasteiger charge is -2.15. The van der Waals surface area contributed by atoms with Crippen LogP contribution in [0.1, 0.15) is 4.88 Å². The number of anilines is 2. The van der Waals surface area contributed by atoms with E-state index in [0.717, 1.165) is 20.8 Å². The molecular formula is C13H15BrN2OS. The second kappa shape index (κ2) is 5.63. The Morgan fingerprint density at radius 2 is 2.11 bits per heavy atom. The van der Waals surface area contributed by atoms with E-state index in [4.69, 9.17) is 10.5 Å². The summed E-state index contributed by atoms with van der Waals surface area (Å²) < 4.78 is 6.86.